The van der Waals surface area contributed by atoms with Gasteiger partial charge in [0, 0.05) is 38.4 Å². The third-order valence-electron chi connectivity index (χ3n) is 10.7. The maximum Gasteiger partial charge on any atom is 0.160 e. The summed E-state index contributed by atoms with van der Waals surface area (Å²) in [7, 11) is 0. The van der Waals surface area contributed by atoms with Gasteiger partial charge in [0.05, 0.1) is 22.2 Å². The van der Waals surface area contributed by atoms with Crippen molar-refractivity contribution in [2.75, 3.05) is 0 Å². The molecule has 0 saturated heterocycles. The Kier molecular flexibility index (Phi) is 6.02. The first kappa shape index (κ1) is 28.0. The van der Waals surface area contributed by atoms with Gasteiger partial charge < -0.3 is 4.57 Å². The van der Waals surface area contributed by atoms with Crippen molar-refractivity contribution >= 4 is 43.5 Å². The molecule has 0 unspecified atom stereocenters. The van der Waals surface area contributed by atoms with Crippen LogP contribution in [0.1, 0.15) is 51.7 Å². The van der Waals surface area contributed by atoms with E-state index in [4.69, 9.17) is 9.97 Å². The number of hydrogen-bond acceptors (Lipinski definition) is 2. The lowest BCUT2D eigenvalue weighted by Gasteiger charge is -2.42. The van der Waals surface area contributed by atoms with Crippen LogP contribution in [0.5, 0.6) is 0 Å². The first-order valence-electron chi connectivity index (χ1n) is 16.7. The number of rotatable bonds is 3. The van der Waals surface area contributed by atoms with E-state index in [1.807, 2.05) is 6.07 Å². The molecule has 1 aliphatic rings. The van der Waals surface area contributed by atoms with Gasteiger partial charge in [-0.15, -0.1) is 0 Å². The molecule has 0 spiro atoms. The van der Waals surface area contributed by atoms with Gasteiger partial charge in [-0.25, -0.2) is 9.97 Å². The van der Waals surface area contributed by atoms with E-state index < -0.39 is 0 Å². The molecule has 1 aliphatic carbocycles. The maximum atomic E-state index is 5.21. The molecule has 0 aliphatic heterocycles. The molecule has 6 aromatic carbocycles. The van der Waals surface area contributed by atoms with Crippen LogP contribution >= 0.6 is 0 Å². The molecule has 0 amide bonds. The van der Waals surface area contributed by atoms with E-state index in [0.29, 0.717) is 0 Å². The minimum Gasteiger partial charge on any atom is -0.309 e. The predicted molar refractivity (Wildman–Crippen MR) is 198 cm³/mol. The van der Waals surface area contributed by atoms with Gasteiger partial charge in [0.1, 0.15) is 0 Å². The number of para-hydroxylation sites is 1. The van der Waals surface area contributed by atoms with E-state index in [2.05, 4.69) is 154 Å². The molecular weight excluding hydrogens is 571 g/mol. The summed E-state index contributed by atoms with van der Waals surface area (Å²) >= 11 is 0. The summed E-state index contributed by atoms with van der Waals surface area (Å²) in [6, 6.07) is 45.9. The lowest BCUT2D eigenvalue weighted by atomic mass is 9.63. The number of benzene rings is 6. The average molecular weight is 608 g/mol. The normalized spacial score (nSPS) is 15.4. The van der Waals surface area contributed by atoms with Gasteiger partial charge in [-0.05, 0) is 88.7 Å². The molecule has 0 bridgehead atoms. The Hall–Kier alpha value is -5.28. The van der Waals surface area contributed by atoms with Crippen LogP contribution in [0.2, 0.25) is 0 Å². The minimum atomic E-state index is 0.137. The van der Waals surface area contributed by atoms with Crippen LogP contribution in [0.15, 0.2) is 127 Å². The van der Waals surface area contributed by atoms with Crippen molar-refractivity contribution in [3.8, 4) is 28.3 Å². The molecule has 0 radical (unpaired) electrons. The highest BCUT2D eigenvalue weighted by atomic mass is 15.0. The monoisotopic (exact) mass is 607 g/mol. The zero-order valence-corrected chi connectivity index (χ0v) is 27.4. The van der Waals surface area contributed by atoms with E-state index in [-0.39, 0.29) is 10.8 Å². The number of hydrogen-bond donors (Lipinski definition) is 0. The smallest absolute Gasteiger partial charge is 0.160 e. The van der Waals surface area contributed by atoms with Crippen LogP contribution in [-0.2, 0) is 10.8 Å². The zero-order chi connectivity index (χ0) is 31.9. The van der Waals surface area contributed by atoms with Crippen LogP contribution < -0.4 is 0 Å². The SMILES string of the molecule is CC1(C)CCC(C)(C)c2cc3c(cc21)c1ccccc1n3-c1ccc(-c2nc(-c3ccccc3)c3ccc4ccccc4c3n2)cc1. The molecule has 228 valence electrons. The lowest BCUT2D eigenvalue weighted by Crippen LogP contribution is -2.33. The van der Waals surface area contributed by atoms with Crippen molar-refractivity contribution in [2.24, 2.45) is 0 Å². The van der Waals surface area contributed by atoms with Crippen molar-refractivity contribution < 1.29 is 0 Å². The largest absolute Gasteiger partial charge is 0.309 e. The van der Waals surface area contributed by atoms with Crippen LogP contribution in [0.4, 0.5) is 0 Å². The molecular formula is C44H37N3. The Balaban J connectivity index is 1.24. The highest BCUT2D eigenvalue weighted by molar-refractivity contribution is 6.11. The fourth-order valence-corrected chi connectivity index (χ4v) is 7.88. The average Bonchev–Trinajstić information content (AvgIpc) is 3.43. The number of fused-ring (bicyclic) bond motifs is 7. The Morgan fingerprint density at radius 2 is 1.17 bits per heavy atom. The summed E-state index contributed by atoms with van der Waals surface area (Å²) < 4.78 is 2.44. The van der Waals surface area contributed by atoms with Crippen LogP contribution in [-0.4, -0.2) is 14.5 Å². The van der Waals surface area contributed by atoms with Crippen LogP contribution in [0.3, 0.4) is 0 Å². The molecule has 0 saturated carbocycles. The Morgan fingerprint density at radius 3 is 1.94 bits per heavy atom. The van der Waals surface area contributed by atoms with Gasteiger partial charge in [-0.1, -0.05) is 107 Å². The molecule has 2 heterocycles. The third-order valence-corrected chi connectivity index (χ3v) is 10.7. The second kappa shape index (κ2) is 10.1. The molecule has 3 heteroatoms. The second-order valence-corrected chi connectivity index (χ2v) is 14.5. The zero-order valence-electron chi connectivity index (χ0n) is 27.4. The molecule has 2 aromatic heterocycles. The third kappa shape index (κ3) is 4.33. The van der Waals surface area contributed by atoms with E-state index in [1.165, 1.54) is 51.2 Å². The van der Waals surface area contributed by atoms with Crippen LogP contribution in [0.25, 0.3) is 71.8 Å². The summed E-state index contributed by atoms with van der Waals surface area (Å²) in [6.45, 7) is 9.63. The molecule has 3 nitrogen and oxygen atoms in total. The number of nitrogens with zero attached hydrogens (tertiary/aromatic N) is 3. The first-order chi connectivity index (χ1) is 22.8. The summed E-state index contributed by atoms with van der Waals surface area (Å²) in [5, 5.41) is 6.01. The summed E-state index contributed by atoms with van der Waals surface area (Å²) in [6.07, 6.45) is 2.40. The standard InChI is InChI=1S/C44H37N3/c1-43(2)24-25-44(3,4)37-27-39-35(26-36(37)43)33-16-10-11-17-38(33)47(39)31-21-18-30(19-22-31)42-45-40(29-13-6-5-7-14-29)34-23-20-28-12-8-9-15-32(28)41(34)46-42/h5-23,26-27H,24-25H2,1-4H3. The summed E-state index contributed by atoms with van der Waals surface area (Å²) in [5.41, 5.74) is 10.9. The van der Waals surface area contributed by atoms with Crippen molar-refractivity contribution in [1.29, 1.82) is 0 Å². The van der Waals surface area contributed by atoms with Gasteiger partial charge in [0.25, 0.3) is 0 Å². The fraction of sp³-hybridized carbons (Fsp3) is 0.182. The van der Waals surface area contributed by atoms with Gasteiger partial charge in [0.2, 0.25) is 0 Å². The molecule has 47 heavy (non-hydrogen) atoms. The topological polar surface area (TPSA) is 30.7 Å². The first-order valence-corrected chi connectivity index (χ1v) is 16.7. The van der Waals surface area contributed by atoms with E-state index >= 15 is 0 Å². The van der Waals surface area contributed by atoms with Crippen molar-refractivity contribution in [3.63, 3.8) is 0 Å². The summed E-state index contributed by atoms with van der Waals surface area (Å²) in [5.74, 6) is 0.736. The quantitative estimate of drug-likeness (QED) is 0.187. The predicted octanol–water partition coefficient (Wildman–Crippen LogP) is 11.6. The van der Waals surface area contributed by atoms with E-state index in [9.17, 15) is 0 Å². The van der Waals surface area contributed by atoms with Gasteiger partial charge in [-0.3, -0.25) is 0 Å². The Morgan fingerprint density at radius 1 is 0.511 bits per heavy atom. The second-order valence-electron chi connectivity index (χ2n) is 14.5. The van der Waals surface area contributed by atoms with Gasteiger partial charge in [0.15, 0.2) is 5.82 Å². The Labute approximate surface area is 275 Å². The van der Waals surface area contributed by atoms with Crippen molar-refractivity contribution in [1.82, 2.24) is 14.5 Å². The molecule has 9 rings (SSSR count). The minimum absolute atomic E-state index is 0.137. The van der Waals surface area contributed by atoms with E-state index in [0.717, 1.165) is 44.6 Å². The fourth-order valence-electron chi connectivity index (χ4n) is 7.88. The molecule has 0 N–H and O–H groups in total. The Bertz CT molecular complexity index is 2500. The van der Waals surface area contributed by atoms with Gasteiger partial charge >= 0.3 is 0 Å². The van der Waals surface area contributed by atoms with Crippen molar-refractivity contribution in [3.05, 3.63) is 139 Å². The van der Waals surface area contributed by atoms with E-state index in [1.54, 1.807) is 0 Å². The number of aromatic nitrogens is 3. The highest BCUT2D eigenvalue weighted by Crippen LogP contribution is 2.48. The lowest BCUT2D eigenvalue weighted by molar-refractivity contribution is 0.332. The highest BCUT2D eigenvalue weighted by Gasteiger charge is 2.37. The van der Waals surface area contributed by atoms with Crippen molar-refractivity contribution in [2.45, 2.75) is 51.4 Å². The van der Waals surface area contributed by atoms with Crippen LogP contribution in [0, 0.1) is 0 Å². The maximum absolute atomic E-state index is 5.21. The summed E-state index contributed by atoms with van der Waals surface area (Å²) in [4.78, 5) is 10.4. The molecule has 8 aromatic rings. The van der Waals surface area contributed by atoms with Gasteiger partial charge in [-0.2, -0.15) is 0 Å². The molecule has 0 atom stereocenters. The molecule has 0 fully saturated rings.